The second kappa shape index (κ2) is 2.75. The van der Waals surface area contributed by atoms with Gasteiger partial charge in [0.05, 0.1) is 11.4 Å². The van der Waals surface area contributed by atoms with Gasteiger partial charge in [0.15, 0.2) is 5.16 Å². The summed E-state index contributed by atoms with van der Waals surface area (Å²) in [5.74, 6) is 0. The Bertz CT molecular complexity index is 353. The van der Waals surface area contributed by atoms with Crippen LogP contribution in [-0.4, -0.2) is 9.97 Å². The van der Waals surface area contributed by atoms with Gasteiger partial charge in [0.25, 0.3) is 0 Å². The number of hydrogen-bond acceptors (Lipinski definition) is 3. The van der Waals surface area contributed by atoms with Gasteiger partial charge in [-0.25, -0.2) is 9.97 Å². The average molecular weight is 176 g/mol. The van der Waals surface area contributed by atoms with Gasteiger partial charge < -0.3 is 0 Å². The number of rotatable bonds is 0. The first-order valence-corrected chi connectivity index (χ1v) is 4.14. The van der Waals surface area contributed by atoms with E-state index in [0.29, 0.717) is 5.16 Å². The highest BCUT2D eigenvalue weighted by Gasteiger charge is 2.04. The third-order valence-corrected chi connectivity index (χ3v) is 1.91. The molecule has 0 spiro atoms. The number of nitrogens with zero attached hydrogens (tertiary/aromatic N) is 2. The van der Waals surface area contributed by atoms with Crippen molar-refractivity contribution < 1.29 is 0 Å². The lowest BCUT2D eigenvalue weighted by Crippen LogP contribution is -1.67. The molecule has 2 rings (SSSR count). The smallest absolute Gasteiger partial charge is 0.185 e. The zero-order chi connectivity index (χ0) is 8.55. The Labute approximate surface area is 76.4 Å². The van der Waals surface area contributed by atoms with E-state index in [-0.39, 0.29) is 0 Å². The number of hydrogen-bond donors (Lipinski definition) is 1. The first-order valence-electron chi connectivity index (χ1n) is 3.69. The van der Waals surface area contributed by atoms with Crippen LogP contribution in [0, 0.1) is 6.92 Å². The van der Waals surface area contributed by atoms with Crippen LogP contribution in [0.2, 0.25) is 0 Å². The molecule has 0 N–H and O–H groups in total. The van der Waals surface area contributed by atoms with E-state index < -0.39 is 0 Å². The molecule has 3 heteroatoms. The molecule has 1 heterocycles. The molecule has 1 aliphatic heterocycles. The molecule has 0 radical (unpaired) electrons. The van der Waals surface area contributed by atoms with Gasteiger partial charge in [-0.1, -0.05) is 17.7 Å². The Balaban J connectivity index is 2.70. The van der Waals surface area contributed by atoms with E-state index in [0.717, 1.165) is 11.4 Å². The van der Waals surface area contributed by atoms with E-state index in [9.17, 15) is 0 Å². The molecule has 0 fully saturated rings. The van der Waals surface area contributed by atoms with Crippen LogP contribution in [0.4, 0.5) is 0 Å². The monoisotopic (exact) mass is 176 g/mol. The summed E-state index contributed by atoms with van der Waals surface area (Å²) in [5, 5.41) is 0.536. The molecular formula is C9H8N2S. The maximum Gasteiger partial charge on any atom is 0.185 e. The molecule has 12 heavy (non-hydrogen) atoms. The highest BCUT2D eigenvalue weighted by atomic mass is 32.1. The molecule has 0 bridgehead atoms. The molecule has 0 unspecified atom stereocenters. The number of aromatic nitrogens is 2. The first-order chi connectivity index (χ1) is 5.75. The Hall–Kier alpha value is -1.09. The van der Waals surface area contributed by atoms with Crippen LogP contribution in [-0.2, 0) is 0 Å². The van der Waals surface area contributed by atoms with Crippen molar-refractivity contribution in [2.24, 2.45) is 0 Å². The predicted molar refractivity (Wildman–Crippen MR) is 50.6 cm³/mol. The maximum absolute atomic E-state index is 4.15. The van der Waals surface area contributed by atoms with Crippen molar-refractivity contribution in [2.75, 3.05) is 0 Å². The quantitative estimate of drug-likeness (QED) is 0.622. The molecule has 2 nitrogen and oxygen atoms in total. The minimum absolute atomic E-state index is 0.536. The van der Waals surface area contributed by atoms with Crippen LogP contribution in [0.3, 0.4) is 0 Å². The van der Waals surface area contributed by atoms with E-state index in [4.69, 9.17) is 0 Å². The topological polar surface area (TPSA) is 25.8 Å². The summed E-state index contributed by atoms with van der Waals surface area (Å²) in [6.07, 6.45) is 0. The van der Waals surface area contributed by atoms with Gasteiger partial charge in [0, 0.05) is 0 Å². The van der Waals surface area contributed by atoms with E-state index in [2.05, 4.69) is 22.6 Å². The third-order valence-electron chi connectivity index (χ3n) is 1.71. The van der Waals surface area contributed by atoms with Crippen LogP contribution < -0.4 is 0 Å². The van der Waals surface area contributed by atoms with E-state index in [1.807, 2.05) is 31.2 Å². The Morgan fingerprint density at radius 3 is 2.00 bits per heavy atom. The molecule has 2 aliphatic rings. The number of imidazole rings is 1. The molecular weight excluding hydrogens is 168 g/mol. The normalized spacial score (nSPS) is 10.5. The first kappa shape index (κ1) is 7.55. The molecule has 0 aromatic rings. The average Bonchev–Trinajstić information content (AvgIpc) is 2.31. The number of fused-ring (bicyclic) bond motifs is 1. The van der Waals surface area contributed by atoms with Crippen molar-refractivity contribution in [3.8, 4) is 11.4 Å². The lowest BCUT2D eigenvalue weighted by molar-refractivity contribution is 1.08. The van der Waals surface area contributed by atoms with Gasteiger partial charge in [0.1, 0.15) is 0 Å². The molecule has 0 saturated heterocycles. The van der Waals surface area contributed by atoms with Gasteiger partial charge in [-0.3, -0.25) is 0 Å². The van der Waals surface area contributed by atoms with Crippen LogP contribution in [0.25, 0.3) is 11.4 Å². The lowest BCUT2D eigenvalue weighted by atomic mass is 10.3. The van der Waals surface area contributed by atoms with Crippen molar-refractivity contribution in [3.63, 3.8) is 0 Å². The van der Waals surface area contributed by atoms with Crippen molar-refractivity contribution in [1.82, 2.24) is 9.97 Å². The minimum Gasteiger partial charge on any atom is -0.221 e. The fraction of sp³-hybridized carbons (Fsp3) is 0.111. The Kier molecular flexibility index (Phi) is 1.73. The fourth-order valence-electron chi connectivity index (χ4n) is 1.08. The Morgan fingerprint density at radius 1 is 1.00 bits per heavy atom. The standard InChI is InChI=1S/C9H8N2S/c1-6-2-4-7-8(5-3-6)11-9(12)10-7/h2-5H,1H3,(H,10,11,12). The molecule has 1 aliphatic carbocycles. The van der Waals surface area contributed by atoms with Gasteiger partial charge in [-0.05, 0) is 19.1 Å². The summed E-state index contributed by atoms with van der Waals surface area (Å²) in [7, 11) is 0. The lowest BCUT2D eigenvalue weighted by Gasteiger charge is -1.81. The highest BCUT2D eigenvalue weighted by molar-refractivity contribution is 7.80. The van der Waals surface area contributed by atoms with Crippen LogP contribution in [0.15, 0.2) is 29.4 Å². The summed E-state index contributed by atoms with van der Waals surface area (Å²) in [6.45, 7) is 2.04. The predicted octanol–water partition coefficient (Wildman–Crippen LogP) is 2.18. The van der Waals surface area contributed by atoms with Gasteiger partial charge in [-0.15, -0.1) is 12.6 Å². The zero-order valence-electron chi connectivity index (χ0n) is 6.65. The number of thiol groups is 1. The molecule has 0 saturated carbocycles. The minimum atomic E-state index is 0.536. The van der Waals surface area contributed by atoms with Crippen molar-refractivity contribution in [3.05, 3.63) is 29.8 Å². The van der Waals surface area contributed by atoms with Crippen molar-refractivity contribution in [1.29, 1.82) is 0 Å². The summed E-state index contributed by atoms with van der Waals surface area (Å²) in [5.41, 5.74) is 3.00. The molecule has 0 atom stereocenters. The second-order valence-electron chi connectivity index (χ2n) is 2.70. The summed E-state index contributed by atoms with van der Waals surface area (Å²) < 4.78 is 0. The van der Waals surface area contributed by atoms with Crippen LogP contribution in [0.5, 0.6) is 0 Å². The third kappa shape index (κ3) is 1.28. The molecule has 0 aromatic carbocycles. The molecule has 0 amide bonds. The van der Waals surface area contributed by atoms with Gasteiger partial charge >= 0.3 is 0 Å². The van der Waals surface area contributed by atoms with Crippen molar-refractivity contribution in [2.45, 2.75) is 12.1 Å². The number of aryl methyl sites for hydroxylation is 1. The van der Waals surface area contributed by atoms with E-state index in [1.54, 1.807) is 0 Å². The summed E-state index contributed by atoms with van der Waals surface area (Å²) in [4.78, 5) is 8.29. The van der Waals surface area contributed by atoms with Gasteiger partial charge in [-0.2, -0.15) is 0 Å². The van der Waals surface area contributed by atoms with E-state index in [1.165, 1.54) is 5.56 Å². The molecule has 0 aromatic heterocycles. The van der Waals surface area contributed by atoms with Crippen LogP contribution in [0.1, 0.15) is 5.56 Å². The van der Waals surface area contributed by atoms with E-state index >= 15 is 0 Å². The summed E-state index contributed by atoms with van der Waals surface area (Å²) >= 11 is 4.07. The maximum atomic E-state index is 4.15. The molecule has 60 valence electrons. The largest absolute Gasteiger partial charge is 0.221 e. The summed E-state index contributed by atoms with van der Waals surface area (Å²) in [6, 6.07) is 7.95. The van der Waals surface area contributed by atoms with Crippen molar-refractivity contribution >= 4 is 12.6 Å². The van der Waals surface area contributed by atoms with Crippen LogP contribution >= 0.6 is 12.6 Å². The highest BCUT2D eigenvalue weighted by Crippen LogP contribution is 2.18. The SMILES string of the molecule is Cc1ccc2nc(S)nc-2cc1. The fourth-order valence-corrected chi connectivity index (χ4v) is 1.29. The Morgan fingerprint density at radius 2 is 1.50 bits per heavy atom. The second-order valence-corrected chi connectivity index (χ2v) is 3.10. The zero-order valence-corrected chi connectivity index (χ0v) is 7.55. The van der Waals surface area contributed by atoms with Gasteiger partial charge in [0.2, 0.25) is 0 Å².